The molecule has 1 aromatic carbocycles. The number of benzene rings is 1. The number of hydrogen-bond acceptors (Lipinski definition) is 4. The van der Waals surface area contributed by atoms with E-state index in [-0.39, 0.29) is 5.56 Å². The lowest BCUT2D eigenvalue weighted by Crippen LogP contribution is -1.99. The Kier molecular flexibility index (Phi) is 3.00. The van der Waals surface area contributed by atoms with Crippen LogP contribution in [0.15, 0.2) is 36.5 Å². The number of nitrogens with zero attached hydrogens (tertiary/aromatic N) is 2. The zero-order valence-electron chi connectivity index (χ0n) is 9.21. The number of carboxylic acids is 1. The second-order valence-corrected chi connectivity index (χ2v) is 3.50. The zero-order chi connectivity index (χ0) is 12.3. The average Bonchev–Trinajstić information content (AvgIpc) is 2.29. The molecule has 0 radical (unpaired) electrons. The third kappa shape index (κ3) is 2.78. The van der Waals surface area contributed by atoms with E-state index < -0.39 is 5.97 Å². The molecule has 2 aromatic rings. The summed E-state index contributed by atoms with van der Waals surface area (Å²) >= 11 is 0. The van der Waals surface area contributed by atoms with E-state index in [1.807, 2.05) is 0 Å². The molecule has 0 unspecified atom stereocenters. The molecule has 0 atom stereocenters. The lowest BCUT2D eigenvalue weighted by Gasteiger charge is -2.06. The van der Waals surface area contributed by atoms with Gasteiger partial charge in [-0.3, -0.25) is 0 Å². The van der Waals surface area contributed by atoms with Crippen LogP contribution in [-0.4, -0.2) is 21.0 Å². The van der Waals surface area contributed by atoms with Gasteiger partial charge in [0.1, 0.15) is 11.6 Å². The van der Waals surface area contributed by atoms with Gasteiger partial charge in [0.15, 0.2) is 0 Å². The first-order valence-corrected chi connectivity index (χ1v) is 5.05. The Hall–Kier alpha value is -2.43. The topological polar surface area (TPSA) is 75.1 Å². The number of hydrogen-bond donors (Lipinski definition) is 2. The molecule has 1 heterocycles. The van der Waals surface area contributed by atoms with Crippen LogP contribution in [0.4, 0.5) is 11.5 Å². The van der Waals surface area contributed by atoms with E-state index in [4.69, 9.17) is 5.11 Å². The molecule has 17 heavy (non-hydrogen) atoms. The van der Waals surface area contributed by atoms with E-state index >= 15 is 0 Å². The number of carbonyl (C=O) groups is 1. The summed E-state index contributed by atoms with van der Waals surface area (Å²) in [5.41, 5.74) is 0.920. The van der Waals surface area contributed by atoms with E-state index in [0.29, 0.717) is 17.3 Å². The van der Waals surface area contributed by atoms with Crippen LogP contribution in [0.25, 0.3) is 0 Å². The second kappa shape index (κ2) is 4.61. The number of anilines is 2. The smallest absolute Gasteiger partial charge is 0.335 e. The molecule has 5 heteroatoms. The molecule has 2 rings (SSSR count). The van der Waals surface area contributed by atoms with E-state index in [2.05, 4.69) is 15.3 Å². The van der Waals surface area contributed by atoms with Crippen molar-refractivity contribution in [2.24, 2.45) is 0 Å². The highest BCUT2D eigenvalue weighted by atomic mass is 16.4. The highest BCUT2D eigenvalue weighted by Gasteiger charge is 2.03. The minimum absolute atomic E-state index is 0.237. The Labute approximate surface area is 98.2 Å². The maximum atomic E-state index is 10.8. The lowest BCUT2D eigenvalue weighted by molar-refractivity contribution is 0.0697. The molecule has 86 valence electrons. The summed E-state index contributed by atoms with van der Waals surface area (Å²) in [5, 5.41) is 11.9. The first-order chi connectivity index (χ1) is 8.15. The van der Waals surface area contributed by atoms with E-state index in [9.17, 15) is 4.79 Å². The molecule has 2 N–H and O–H groups in total. The fourth-order valence-electron chi connectivity index (χ4n) is 1.40. The van der Waals surface area contributed by atoms with Crippen molar-refractivity contribution >= 4 is 17.5 Å². The lowest BCUT2D eigenvalue weighted by atomic mass is 10.2. The van der Waals surface area contributed by atoms with Crippen molar-refractivity contribution < 1.29 is 9.90 Å². The minimum atomic E-state index is -0.951. The van der Waals surface area contributed by atoms with Crippen LogP contribution >= 0.6 is 0 Å². The Balaban J connectivity index is 2.24. The van der Waals surface area contributed by atoms with Gasteiger partial charge < -0.3 is 10.4 Å². The predicted octanol–water partition coefficient (Wildman–Crippen LogP) is 2.23. The monoisotopic (exact) mass is 229 g/mol. The van der Waals surface area contributed by atoms with Crippen LogP contribution in [0.5, 0.6) is 0 Å². The molecule has 5 nitrogen and oxygen atoms in total. The fraction of sp³-hybridized carbons (Fsp3) is 0.0833. The number of rotatable bonds is 3. The molecule has 0 aliphatic carbocycles. The average molecular weight is 229 g/mol. The first kappa shape index (κ1) is 11.1. The number of aromatic carboxylic acids is 1. The van der Waals surface area contributed by atoms with Gasteiger partial charge in [-0.2, -0.15) is 0 Å². The van der Waals surface area contributed by atoms with Crippen LogP contribution in [0.2, 0.25) is 0 Å². The predicted molar refractivity (Wildman–Crippen MR) is 63.5 cm³/mol. The molecule has 0 saturated heterocycles. The van der Waals surface area contributed by atoms with E-state index in [0.717, 1.165) is 0 Å². The summed E-state index contributed by atoms with van der Waals surface area (Å²) in [6, 6.07) is 8.28. The third-order valence-corrected chi connectivity index (χ3v) is 2.16. The van der Waals surface area contributed by atoms with Gasteiger partial charge in [-0.25, -0.2) is 14.8 Å². The molecule has 0 bridgehead atoms. The van der Waals surface area contributed by atoms with Gasteiger partial charge in [0.2, 0.25) is 0 Å². The largest absolute Gasteiger partial charge is 0.478 e. The Morgan fingerprint density at radius 2 is 2.18 bits per heavy atom. The molecule has 0 aliphatic rings. The van der Waals surface area contributed by atoms with Gasteiger partial charge in [0, 0.05) is 11.9 Å². The summed E-state index contributed by atoms with van der Waals surface area (Å²) in [7, 11) is 0. The van der Waals surface area contributed by atoms with Crippen molar-refractivity contribution in [3.8, 4) is 0 Å². The second-order valence-electron chi connectivity index (χ2n) is 3.50. The standard InChI is InChI=1S/C12H11N3O2/c1-8-13-6-5-11(14-8)15-10-4-2-3-9(7-10)12(16)17/h2-7H,1H3,(H,16,17)(H,13,14,15). The number of nitrogens with one attached hydrogen (secondary N) is 1. The Morgan fingerprint density at radius 1 is 1.35 bits per heavy atom. The summed E-state index contributed by atoms with van der Waals surface area (Å²) in [6.07, 6.45) is 1.64. The summed E-state index contributed by atoms with van der Waals surface area (Å²) in [4.78, 5) is 19.0. The van der Waals surface area contributed by atoms with E-state index in [1.165, 1.54) is 0 Å². The van der Waals surface area contributed by atoms with Gasteiger partial charge in [-0.1, -0.05) is 6.07 Å². The van der Waals surface area contributed by atoms with Crippen molar-refractivity contribution in [2.45, 2.75) is 6.92 Å². The van der Waals surface area contributed by atoms with Crippen LogP contribution in [-0.2, 0) is 0 Å². The van der Waals surface area contributed by atoms with Gasteiger partial charge >= 0.3 is 5.97 Å². The Bertz CT molecular complexity index is 555. The SMILES string of the molecule is Cc1nccc(Nc2cccc(C(=O)O)c2)n1. The third-order valence-electron chi connectivity index (χ3n) is 2.16. The number of carboxylic acid groups (broad SMARTS) is 1. The fourth-order valence-corrected chi connectivity index (χ4v) is 1.40. The highest BCUT2D eigenvalue weighted by molar-refractivity contribution is 5.89. The van der Waals surface area contributed by atoms with Crippen molar-refractivity contribution in [1.82, 2.24) is 9.97 Å². The van der Waals surface area contributed by atoms with Crippen molar-refractivity contribution in [1.29, 1.82) is 0 Å². The molecule has 1 aromatic heterocycles. The molecule has 0 aliphatic heterocycles. The van der Waals surface area contributed by atoms with Crippen molar-refractivity contribution in [3.63, 3.8) is 0 Å². The van der Waals surface area contributed by atoms with Gasteiger partial charge in [0.25, 0.3) is 0 Å². The number of aryl methyl sites for hydroxylation is 1. The normalized spacial score (nSPS) is 9.94. The van der Waals surface area contributed by atoms with Crippen LogP contribution in [0, 0.1) is 6.92 Å². The van der Waals surface area contributed by atoms with Gasteiger partial charge in [-0.05, 0) is 31.2 Å². The van der Waals surface area contributed by atoms with Crippen LogP contribution in [0.1, 0.15) is 16.2 Å². The molecule has 0 spiro atoms. The van der Waals surface area contributed by atoms with E-state index in [1.54, 1.807) is 43.5 Å². The maximum absolute atomic E-state index is 10.8. The van der Waals surface area contributed by atoms with Gasteiger partial charge in [-0.15, -0.1) is 0 Å². The number of aromatic nitrogens is 2. The molecule has 0 amide bonds. The minimum Gasteiger partial charge on any atom is -0.478 e. The molecule has 0 saturated carbocycles. The maximum Gasteiger partial charge on any atom is 0.335 e. The molecular weight excluding hydrogens is 218 g/mol. The highest BCUT2D eigenvalue weighted by Crippen LogP contribution is 2.15. The molecule has 0 fully saturated rings. The quantitative estimate of drug-likeness (QED) is 0.844. The van der Waals surface area contributed by atoms with Crippen LogP contribution in [0.3, 0.4) is 0 Å². The Morgan fingerprint density at radius 3 is 2.88 bits per heavy atom. The summed E-state index contributed by atoms with van der Waals surface area (Å²) in [6.45, 7) is 1.79. The zero-order valence-corrected chi connectivity index (χ0v) is 9.21. The first-order valence-electron chi connectivity index (χ1n) is 5.05. The van der Waals surface area contributed by atoms with Gasteiger partial charge in [0.05, 0.1) is 5.56 Å². The van der Waals surface area contributed by atoms with Crippen molar-refractivity contribution in [3.05, 3.63) is 47.9 Å². The van der Waals surface area contributed by atoms with Crippen molar-refractivity contribution in [2.75, 3.05) is 5.32 Å². The summed E-state index contributed by atoms with van der Waals surface area (Å²) in [5.74, 6) is 0.344. The van der Waals surface area contributed by atoms with Crippen LogP contribution < -0.4 is 5.32 Å². The molecular formula is C12H11N3O2. The summed E-state index contributed by atoms with van der Waals surface area (Å²) < 4.78 is 0.